The number of anilines is 3. The van der Waals surface area contributed by atoms with Gasteiger partial charge in [-0.15, -0.1) is 0 Å². The van der Waals surface area contributed by atoms with Crippen LogP contribution in [0, 0.1) is 6.92 Å². The molecule has 2 heterocycles. The molecular weight excluding hydrogens is 350 g/mol. The minimum Gasteiger partial charge on any atom is -0.497 e. The fraction of sp³-hybridized carbons (Fsp3) is 0.545. The Morgan fingerprint density at radius 3 is 2.29 bits per heavy atom. The van der Waals surface area contributed by atoms with Gasteiger partial charge in [0.05, 0.1) is 7.11 Å². The minimum absolute atomic E-state index is 0.558. The van der Waals surface area contributed by atoms with Crippen molar-refractivity contribution in [2.75, 3.05) is 48.4 Å². The molecule has 0 radical (unpaired) electrons. The molecule has 1 saturated carbocycles. The number of rotatable bonds is 5. The Labute approximate surface area is 167 Å². The molecule has 1 aliphatic carbocycles. The average molecular weight is 382 g/mol. The number of piperazine rings is 1. The summed E-state index contributed by atoms with van der Waals surface area (Å²) in [6.07, 6.45) is 6.51. The van der Waals surface area contributed by atoms with Crippen molar-refractivity contribution in [1.82, 2.24) is 9.97 Å². The first kappa shape index (κ1) is 18.8. The zero-order valence-electron chi connectivity index (χ0n) is 17.0. The molecule has 28 heavy (non-hydrogen) atoms. The van der Waals surface area contributed by atoms with Gasteiger partial charge in [0.2, 0.25) is 0 Å². The molecule has 1 N–H and O–H groups in total. The first-order valence-electron chi connectivity index (χ1n) is 10.5. The number of nitrogens with one attached hydrogen (secondary N) is 1. The second-order valence-corrected chi connectivity index (χ2v) is 7.81. The van der Waals surface area contributed by atoms with Gasteiger partial charge in [-0.25, -0.2) is 9.97 Å². The number of methoxy groups -OCH3 is 1. The van der Waals surface area contributed by atoms with Crippen LogP contribution in [0.1, 0.15) is 37.9 Å². The van der Waals surface area contributed by atoms with E-state index in [0.29, 0.717) is 6.04 Å². The van der Waals surface area contributed by atoms with Gasteiger partial charge >= 0.3 is 0 Å². The molecule has 1 saturated heterocycles. The van der Waals surface area contributed by atoms with E-state index in [4.69, 9.17) is 9.72 Å². The lowest BCUT2D eigenvalue weighted by Gasteiger charge is -2.37. The average Bonchev–Trinajstić information content (AvgIpc) is 2.74. The van der Waals surface area contributed by atoms with Crippen LogP contribution in [-0.4, -0.2) is 49.3 Å². The minimum atomic E-state index is 0.558. The normalized spacial score (nSPS) is 18.2. The van der Waals surface area contributed by atoms with Crippen molar-refractivity contribution in [2.24, 2.45) is 0 Å². The molecule has 1 aromatic heterocycles. The molecule has 2 aliphatic rings. The largest absolute Gasteiger partial charge is 0.497 e. The lowest BCUT2D eigenvalue weighted by Crippen LogP contribution is -2.47. The maximum atomic E-state index is 5.26. The summed E-state index contributed by atoms with van der Waals surface area (Å²) in [4.78, 5) is 14.1. The zero-order valence-corrected chi connectivity index (χ0v) is 17.0. The molecule has 0 spiro atoms. The SMILES string of the molecule is COc1ccc(N2CCN(c3cc(NC4CCCCC4)nc(C)n3)CC2)cc1. The van der Waals surface area contributed by atoms with Crippen molar-refractivity contribution in [2.45, 2.75) is 45.1 Å². The standard InChI is InChI=1S/C22H31N5O/c1-17-23-21(25-18-6-4-3-5-7-18)16-22(24-17)27-14-12-26(13-15-27)19-8-10-20(28-2)11-9-19/h8-11,16,18H,3-7,12-15H2,1-2H3,(H,23,24,25). The second-order valence-electron chi connectivity index (χ2n) is 7.81. The Kier molecular flexibility index (Phi) is 5.84. The number of hydrogen-bond donors (Lipinski definition) is 1. The van der Waals surface area contributed by atoms with E-state index in [1.807, 2.05) is 19.1 Å². The number of aryl methyl sites for hydroxylation is 1. The topological polar surface area (TPSA) is 53.5 Å². The monoisotopic (exact) mass is 381 g/mol. The van der Waals surface area contributed by atoms with Crippen molar-refractivity contribution >= 4 is 17.3 Å². The summed E-state index contributed by atoms with van der Waals surface area (Å²) >= 11 is 0. The highest BCUT2D eigenvalue weighted by Gasteiger charge is 2.20. The van der Waals surface area contributed by atoms with E-state index in [0.717, 1.165) is 49.4 Å². The van der Waals surface area contributed by atoms with E-state index < -0.39 is 0 Å². The maximum Gasteiger partial charge on any atom is 0.134 e. The molecule has 0 atom stereocenters. The van der Waals surface area contributed by atoms with Crippen molar-refractivity contribution < 1.29 is 4.74 Å². The highest BCUT2D eigenvalue weighted by molar-refractivity contribution is 5.54. The van der Waals surface area contributed by atoms with E-state index in [-0.39, 0.29) is 0 Å². The van der Waals surface area contributed by atoms with Crippen LogP contribution in [0.15, 0.2) is 30.3 Å². The molecule has 2 fully saturated rings. The van der Waals surface area contributed by atoms with Gasteiger partial charge in [-0.2, -0.15) is 0 Å². The molecular formula is C22H31N5O. The van der Waals surface area contributed by atoms with Crippen molar-refractivity contribution in [3.05, 3.63) is 36.2 Å². The Balaban J connectivity index is 1.39. The molecule has 6 heteroatoms. The predicted molar refractivity (Wildman–Crippen MR) is 115 cm³/mol. The van der Waals surface area contributed by atoms with E-state index in [1.54, 1.807) is 7.11 Å². The Bertz CT molecular complexity index is 765. The van der Waals surface area contributed by atoms with E-state index >= 15 is 0 Å². The maximum absolute atomic E-state index is 5.26. The van der Waals surface area contributed by atoms with Gasteiger partial charge in [-0.3, -0.25) is 0 Å². The fourth-order valence-corrected chi connectivity index (χ4v) is 4.23. The van der Waals surface area contributed by atoms with Crippen molar-refractivity contribution in [3.8, 4) is 5.75 Å². The van der Waals surface area contributed by atoms with Crippen LogP contribution in [0.4, 0.5) is 17.3 Å². The number of hydrogen-bond acceptors (Lipinski definition) is 6. The molecule has 4 rings (SSSR count). The van der Waals surface area contributed by atoms with Gasteiger partial charge in [-0.05, 0) is 44.0 Å². The molecule has 1 aliphatic heterocycles. The summed E-state index contributed by atoms with van der Waals surface area (Å²) in [5.41, 5.74) is 1.25. The summed E-state index contributed by atoms with van der Waals surface area (Å²) in [6, 6.07) is 11.0. The smallest absolute Gasteiger partial charge is 0.134 e. The highest BCUT2D eigenvalue weighted by Crippen LogP contribution is 2.25. The summed E-state index contributed by atoms with van der Waals surface area (Å²) in [7, 11) is 1.70. The lowest BCUT2D eigenvalue weighted by molar-refractivity contribution is 0.415. The first-order valence-corrected chi connectivity index (χ1v) is 10.5. The van der Waals surface area contributed by atoms with Crippen molar-refractivity contribution in [3.63, 3.8) is 0 Å². The third-order valence-electron chi connectivity index (χ3n) is 5.82. The second kappa shape index (κ2) is 8.67. The molecule has 0 amide bonds. The van der Waals surface area contributed by atoms with Gasteiger partial charge in [0.15, 0.2) is 0 Å². The summed E-state index contributed by atoms with van der Waals surface area (Å²) in [6.45, 7) is 5.89. The van der Waals surface area contributed by atoms with Crippen LogP contribution >= 0.6 is 0 Å². The van der Waals surface area contributed by atoms with Crippen LogP contribution in [0.25, 0.3) is 0 Å². The van der Waals surface area contributed by atoms with E-state index in [1.165, 1.54) is 37.8 Å². The number of nitrogens with zero attached hydrogens (tertiary/aromatic N) is 4. The molecule has 0 unspecified atom stereocenters. The van der Waals surface area contributed by atoms with Crippen molar-refractivity contribution in [1.29, 1.82) is 0 Å². The van der Waals surface area contributed by atoms with E-state index in [2.05, 4.69) is 38.3 Å². The van der Waals surface area contributed by atoms with Gasteiger partial charge in [0.25, 0.3) is 0 Å². The van der Waals surface area contributed by atoms with Gasteiger partial charge < -0.3 is 19.9 Å². The molecule has 2 aromatic rings. The lowest BCUT2D eigenvalue weighted by atomic mass is 9.95. The van der Waals surface area contributed by atoms with Crippen LogP contribution in [0.2, 0.25) is 0 Å². The number of benzene rings is 1. The van der Waals surface area contributed by atoms with Gasteiger partial charge in [-0.1, -0.05) is 19.3 Å². The number of aromatic nitrogens is 2. The first-order chi connectivity index (χ1) is 13.7. The molecule has 150 valence electrons. The molecule has 1 aromatic carbocycles. The molecule has 0 bridgehead atoms. The predicted octanol–water partition coefficient (Wildman–Crippen LogP) is 3.86. The van der Waals surface area contributed by atoms with Crippen LogP contribution in [0.5, 0.6) is 5.75 Å². The molecule has 6 nitrogen and oxygen atoms in total. The van der Waals surface area contributed by atoms with Gasteiger partial charge in [0, 0.05) is 44.0 Å². The van der Waals surface area contributed by atoms with Gasteiger partial charge in [0.1, 0.15) is 23.2 Å². The summed E-state index contributed by atoms with van der Waals surface area (Å²) < 4.78 is 5.26. The van der Waals surface area contributed by atoms with E-state index in [9.17, 15) is 0 Å². The van der Waals surface area contributed by atoms with Crippen LogP contribution < -0.4 is 19.9 Å². The third-order valence-corrected chi connectivity index (χ3v) is 5.82. The third kappa shape index (κ3) is 4.49. The highest BCUT2D eigenvalue weighted by atomic mass is 16.5. The zero-order chi connectivity index (χ0) is 19.3. The summed E-state index contributed by atoms with van der Waals surface area (Å²) in [5.74, 6) is 3.76. The van der Waals surface area contributed by atoms with Crippen LogP contribution in [0.3, 0.4) is 0 Å². The quantitative estimate of drug-likeness (QED) is 0.849. The Morgan fingerprint density at radius 1 is 0.929 bits per heavy atom. The van der Waals surface area contributed by atoms with Crippen LogP contribution in [-0.2, 0) is 0 Å². The fourth-order valence-electron chi connectivity index (χ4n) is 4.23. The Morgan fingerprint density at radius 2 is 1.61 bits per heavy atom. The number of ether oxygens (including phenoxy) is 1. The Hall–Kier alpha value is -2.50. The summed E-state index contributed by atoms with van der Waals surface area (Å²) in [5, 5.41) is 3.65.